The summed E-state index contributed by atoms with van der Waals surface area (Å²) < 4.78 is 1.69. The van der Waals surface area contributed by atoms with Crippen molar-refractivity contribution in [1.82, 2.24) is 30.4 Å². The fraction of sp³-hybridized carbons (Fsp3) is 0.150. The van der Waals surface area contributed by atoms with E-state index in [2.05, 4.69) is 31.8 Å². The van der Waals surface area contributed by atoms with Crippen molar-refractivity contribution < 1.29 is 4.79 Å². The highest BCUT2D eigenvalue weighted by Gasteiger charge is 2.05. The lowest BCUT2D eigenvalue weighted by Gasteiger charge is -2.08. The van der Waals surface area contributed by atoms with Gasteiger partial charge >= 0.3 is 6.03 Å². The van der Waals surface area contributed by atoms with Gasteiger partial charge in [0, 0.05) is 48.8 Å². The molecular weight excluding hydrogens is 340 g/mol. The second kappa shape index (κ2) is 7.74. The Hall–Kier alpha value is -3.61. The molecule has 0 spiro atoms. The molecule has 4 rings (SSSR count). The highest BCUT2D eigenvalue weighted by molar-refractivity contribution is 5.83. The number of hydrogen-bond donors (Lipinski definition) is 3. The summed E-state index contributed by atoms with van der Waals surface area (Å²) in [7, 11) is 0. The molecule has 0 fully saturated rings. The molecule has 0 unspecified atom stereocenters. The summed E-state index contributed by atoms with van der Waals surface area (Å²) in [6.45, 7) is 0.996. The maximum Gasteiger partial charge on any atom is 0.315 e. The predicted octanol–water partition coefficient (Wildman–Crippen LogP) is 2.79. The van der Waals surface area contributed by atoms with Crippen LogP contribution in [0.1, 0.15) is 11.1 Å². The maximum atomic E-state index is 12.0. The first-order valence-electron chi connectivity index (χ1n) is 8.81. The van der Waals surface area contributed by atoms with Gasteiger partial charge in [-0.2, -0.15) is 5.10 Å². The molecule has 7 heteroatoms. The Morgan fingerprint density at radius 2 is 2.04 bits per heavy atom. The van der Waals surface area contributed by atoms with Crippen LogP contribution in [0.15, 0.2) is 67.3 Å². The molecule has 0 bridgehead atoms. The molecule has 136 valence electrons. The smallest absolute Gasteiger partial charge is 0.315 e. The average molecular weight is 360 g/mol. The third-order valence-electron chi connectivity index (χ3n) is 4.36. The molecule has 3 N–H and O–H groups in total. The van der Waals surface area contributed by atoms with Crippen molar-refractivity contribution in [3.05, 3.63) is 78.4 Å². The Kier molecular flexibility index (Phi) is 4.82. The molecule has 2 amide bonds. The molecule has 0 aliphatic carbocycles. The van der Waals surface area contributed by atoms with E-state index in [1.807, 2.05) is 48.8 Å². The normalized spacial score (nSPS) is 10.8. The van der Waals surface area contributed by atoms with Gasteiger partial charge in [0.1, 0.15) is 0 Å². The van der Waals surface area contributed by atoms with Gasteiger partial charge in [0.2, 0.25) is 0 Å². The lowest BCUT2D eigenvalue weighted by atomic mass is 10.1. The zero-order valence-corrected chi connectivity index (χ0v) is 14.7. The van der Waals surface area contributed by atoms with E-state index in [9.17, 15) is 4.79 Å². The number of urea groups is 1. The number of aromatic nitrogens is 4. The first-order chi connectivity index (χ1) is 13.3. The highest BCUT2D eigenvalue weighted by atomic mass is 16.2. The predicted molar refractivity (Wildman–Crippen MR) is 104 cm³/mol. The minimum Gasteiger partial charge on any atom is -0.361 e. The number of fused-ring (bicyclic) bond motifs is 1. The SMILES string of the molecule is O=C(NCCc1c[nH]c2ccccc12)NCc1ccc(-n2cccn2)nc1. The lowest BCUT2D eigenvalue weighted by Crippen LogP contribution is -2.36. The van der Waals surface area contributed by atoms with Gasteiger partial charge in [0.05, 0.1) is 0 Å². The summed E-state index contributed by atoms with van der Waals surface area (Å²) in [4.78, 5) is 19.6. The molecular formula is C20H20N6O. The molecule has 0 saturated heterocycles. The van der Waals surface area contributed by atoms with Gasteiger partial charge in [-0.25, -0.2) is 14.5 Å². The lowest BCUT2D eigenvalue weighted by molar-refractivity contribution is 0.240. The molecule has 3 heterocycles. The van der Waals surface area contributed by atoms with Crippen LogP contribution in [-0.4, -0.2) is 32.3 Å². The van der Waals surface area contributed by atoms with E-state index in [0.717, 1.165) is 23.3 Å². The van der Waals surface area contributed by atoms with E-state index in [1.54, 1.807) is 17.1 Å². The van der Waals surface area contributed by atoms with Gasteiger partial charge in [-0.05, 0) is 35.7 Å². The molecule has 1 aromatic carbocycles. The number of aromatic amines is 1. The van der Waals surface area contributed by atoms with Crippen LogP contribution < -0.4 is 10.6 Å². The van der Waals surface area contributed by atoms with E-state index in [1.165, 1.54) is 10.9 Å². The molecule has 3 aromatic heterocycles. The van der Waals surface area contributed by atoms with E-state index in [4.69, 9.17) is 0 Å². The largest absolute Gasteiger partial charge is 0.361 e. The summed E-state index contributed by atoms with van der Waals surface area (Å²) in [5.74, 6) is 0.743. The second-order valence-corrected chi connectivity index (χ2v) is 6.19. The van der Waals surface area contributed by atoms with Crippen molar-refractivity contribution in [1.29, 1.82) is 0 Å². The third-order valence-corrected chi connectivity index (χ3v) is 4.36. The van der Waals surface area contributed by atoms with Crippen LogP contribution in [0.25, 0.3) is 16.7 Å². The topological polar surface area (TPSA) is 87.6 Å². The Labute approximate surface area is 156 Å². The summed E-state index contributed by atoms with van der Waals surface area (Å²) in [5, 5.41) is 11.1. The number of benzene rings is 1. The zero-order valence-electron chi connectivity index (χ0n) is 14.7. The number of nitrogens with zero attached hydrogens (tertiary/aromatic N) is 3. The van der Waals surface area contributed by atoms with E-state index >= 15 is 0 Å². The number of para-hydroxylation sites is 1. The maximum absolute atomic E-state index is 12.0. The molecule has 0 atom stereocenters. The first kappa shape index (κ1) is 16.8. The summed E-state index contributed by atoms with van der Waals surface area (Å²) in [5.41, 5.74) is 3.24. The number of carbonyl (C=O) groups excluding carboxylic acids is 1. The van der Waals surface area contributed by atoms with Crippen LogP contribution >= 0.6 is 0 Å². The second-order valence-electron chi connectivity index (χ2n) is 6.19. The van der Waals surface area contributed by atoms with Crippen molar-refractivity contribution in [2.24, 2.45) is 0 Å². The van der Waals surface area contributed by atoms with Gasteiger partial charge in [0.15, 0.2) is 5.82 Å². The quantitative estimate of drug-likeness (QED) is 0.494. The van der Waals surface area contributed by atoms with Crippen molar-refractivity contribution >= 4 is 16.9 Å². The van der Waals surface area contributed by atoms with Gasteiger partial charge in [-0.15, -0.1) is 0 Å². The summed E-state index contributed by atoms with van der Waals surface area (Å²) in [6.07, 6.45) is 8.05. The average Bonchev–Trinajstić information content (AvgIpc) is 3.37. The third kappa shape index (κ3) is 3.98. The standard InChI is InChI=1S/C20H20N6O/c27-20(21-10-8-16-14-22-18-5-2-1-4-17(16)18)24-13-15-6-7-19(23-12-15)26-11-3-9-25-26/h1-7,9,11-12,14,22H,8,10,13H2,(H2,21,24,27). The van der Waals surface area contributed by atoms with Crippen LogP contribution in [0.5, 0.6) is 0 Å². The minimum absolute atomic E-state index is 0.189. The van der Waals surface area contributed by atoms with Gasteiger partial charge in [-0.1, -0.05) is 24.3 Å². The van der Waals surface area contributed by atoms with Crippen molar-refractivity contribution in [2.75, 3.05) is 6.54 Å². The first-order valence-corrected chi connectivity index (χ1v) is 8.81. The van der Waals surface area contributed by atoms with Crippen molar-refractivity contribution in [3.8, 4) is 5.82 Å². The Morgan fingerprint density at radius 1 is 1.11 bits per heavy atom. The van der Waals surface area contributed by atoms with Crippen LogP contribution in [0.2, 0.25) is 0 Å². The van der Waals surface area contributed by atoms with Gasteiger partial charge < -0.3 is 15.6 Å². The number of H-pyrrole nitrogens is 1. The fourth-order valence-electron chi connectivity index (χ4n) is 2.96. The molecule has 7 nitrogen and oxygen atoms in total. The molecule has 4 aromatic rings. The van der Waals surface area contributed by atoms with E-state index in [-0.39, 0.29) is 6.03 Å². The minimum atomic E-state index is -0.189. The van der Waals surface area contributed by atoms with Crippen LogP contribution in [0.4, 0.5) is 4.79 Å². The highest BCUT2D eigenvalue weighted by Crippen LogP contribution is 2.17. The number of hydrogen-bond acceptors (Lipinski definition) is 3. The molecule has 0 aliphatic heterocycles. The van der Waals surface area contributed by atoms with Crippen LogP contribution in [0.3, 0.4) is 0 Å². The fourth-order valence-corrected chi connectivity index (χ4v) is 2.96. The van der Waals surface area contributed by atoms with E-state index < -0.39 is 0 Å². The number of pyridine rings is 1. The Bertz CT molecular complexity index is 1020. The summed E-state index contributed by atoms with van der Waals surface area (Å²) in [6, 6.07) is 13.6. The number of carbonyl (C=O) groups is 1. The van der Waals surface area contributed by atoms with Gasteiger partial charge in [-0.3, -0.25) is 0 Å². The number of nitrogens with one attached hydrogen (secondary N) is 3. The van der Waals surface area contributed by atoms with Crippen LogP contribution in [0, 0.1) is 0 Å². The molecule has 0 aliphatic rings. The number of rotatable bonds is 6. The van der Waals surface area contributed by atoms with Crippen molar-refractivity contribution in [3.63, 3.8) is 0 Å². The Morgan fingerprint density at radius 3 is 2.85 bits per heavy atom. The Balaban J connectivity index is 1.24. The molecule has 0 saturated carbocycles. The number of amides is 2. The molecule has 27 heavy (non-hydrogen) atoms. The van der Waals surface area contributed by atoms with E-state index in [0.29, 0.717) is 13.1 Å². The van der Waals surface area contributed by atoms with Crippen LogP contribution in [-0.2, 0) is 13.0 Å². The molecule has 0 radical (unpaired) electrons. The zero-order chi connectivity index (χ0) is 18.5. The van der Waals surface area contributed by atoms with Crippen molar-refractivity contribution in [2.45, 2.75) is 13.0 Å². The monoisotopic (exact) mass is 360 g/mol. The summed E-state index contributed by atoms with van der Waals surface area (Å²) >= 11 is 0. The van der Waals surface area contributed by atoms with Gasteiger partial charge in [0.25, 0.3) is 0 Å².